The van der Waals surface area contributed by atoms with Gasteiger partial charge in [0.2, 0.25) is 5.91 Å². The van der Waals surface area contributed by atoms with Gasteiger partial charge in [-0.05, 0) is 53.8 Å². The third-order valence-electron chi connectivity index (χ3n) is 4.47. The molecule has 3 amide bonds. The Morgan fingerprint density at radius 1 is 1.11 bits per heavy atom. The molecule has 0 aromatic heterocycles. The monoisotopic (exact) mass is 433 g/mol. The van der Waals surface area contributed by atoms with Gasteiger partial charge < -0.3 is 16.0 Å². The highest BCUT2D eigenvalue weighted by atomic mass is 79.9. The third kappa shape index (κ3) is 5.53. The highest BCUT2D eigenvalue weighted by molar-refractivity contribution is 9.10. The van der Waals surface area contributed by atoms with Gasteiger partial charge in [-0.2, -0.15) is 0 Å². The second-order valence-electron chi connectivity index (χ2n) is 6.49. The Balaban J connectivity index is 1.36. The molecule has 2 aromatic rings. The van der Waals surface area contributed by atoms with Crippen molar-refractivity contribution in [1.82, 2.24) is 16.0 Å². The number of halogens is 2. The molecule has 3 rings (SSSR count). The van der Waals surface area contributed by atoms with Crippen molar-refractivity contribution >= 4 is 27.9 Å². The molecule has 0 saturated carbocycles. The van der Waals surface area contributed by atoms with Crippen LogP contribution in [0.5, 0.6) is 0 Å². The molecule has 2 aromatic carbocycles. The molecule has 142 valence electrons. The fourth-order valence-electron chi connectivity index (χ4n) is 3.22. The molecule has 0 bridgehead atoms. The first-order valence-electron chi connectivity index (χ1n) is 8.85. The normalized spacial score (nSPS) is 15.1. The molecular weight excluding hydrogens is 413 g/mol. The van der Waals surface area contributed by atoms with E-state index in [4.69, 9.17) is 0 Å². The van der Waals surface area contributed by atoms with E-state index in [1.54, 1.807) is 12.1 Å². The van der Waals surface area contributed by atoms with E-state index in [2.05, 4.69) is 37.9 Å². The SMILES string of the molecule is O=C(Cc1cccc(F)c1)NCCNC(=O)NC1CCc2cc(Br)ccc21. The van der Waals surface area contributed by atoms with Gasteiger partial charge in [-0.3, -0.25) is 4.79 Å². The number of carbonyl (C=O) groups is 2. The van der Waals surface area contributed by atoms with Crippen LogP contribution in [0.4, 0.5) is 9.18 Å². The first kappa shape index (κ1) is 19.4. The largest absolute Gasteiger partial charge is 0.354 e. The molecule has 0 fully saturated rings. The van der Waals surface area contributed by atoms with Crippen LogP contribution in [-0.4, -0.2) is 25.0 Å². The number of hydrogen-bond donors (Lipinski definition) is 3. The topological polar surface area (TPSA) is 70.2 Å². The Bertz CT molecular complexity index is 844. The Morgan fingerprint density at radius 3 is 2.74 bits per heavy atom. The second kappa shape index (κ2) is 8.99. The molecule has 1 atom stereocenters. The number of rotatable bonds is 6. The van der Waals surface area contributed by atoms with Crippen molar-refractivity contribution in [2.24, 2.45) is 0 Å². The molecule has 0 radical (unpaired) electrons. The molecule has 1 aliphatic carbocycles. The number of urea groups is 1. The van der Waals surface area contributed by atoms with E-state index in [1.165, 1.54) is 17.7 Å². The van der Waals surface area contributed by atoms with Crippen LogP contribution in [-0.2, 0) is 17.6 Å². The van der Waals surface area contributed by atoms with Crippen LogP contribution in [0.25, 0.3) is 0 Å². The smallest absolute Gasteiger partial charge is 0.315 e. The quantitative estimate of drug-likeness (QED) is 0.612. The Kier molecular flexibility index (Phi) is 6.45. The van der Waals surface area contributed by atoms with E-state index >= 15 is 0 Å². The fourth-order valence-corrected chi connectivity index (χ4v) is 3.63. The zero-order valence-corrected chi connectivity index (χ0v) is 16.3. The molecule has 7 heteroatoms. The minimum absolute atomic E-state index is 0.00988. The first-order valence-corrected chi connectivity index (χ1v) is 9.64. The maximum atomic E-state index is 13.1. The van der Waals surface area contributed by atoms with Crippen molar-refractivity contribution in [2.75, 3.05) is 13.1 Å². The number of nitrogens with one attached hydrogen (secondary N) is 3. The zero-order chi connectivity index (χ0) is 19.2. The summed E-state index contributed by atoms with van der Waals surface area (Å²) in [5.41, 5.74) is 3.01. The number of amides is 3. The predicted molar refractivity (Wildman–Crippen MR) is 105 cm³/mol. The van der Waals surface area contributed by atoms with Crippen molar-refractivity contribution in [3.8, 4) is 0 Å². The number of fused-ring (bicyclic) bond motifs is 1. The highest BCUT2D eigenvalue weighted by Crippen LogP contribution is 2.32. The Morgan fingerprint density at radius 2 is 1.93 bits per heavy atom. The maximum absolute atomic E-state index is 13.1. The molecule has 5 nitrogen and oxygen atoms in total. The molecule has 0 spiro atoms. The molecular formula is C20H21BrFN3O2. The van der Waals surface area contributed by atoms with Crippen molar-refractivity contribution in [2.45, 2.75) is 25.3 Å². The summed E-state index contributed by atoms with van der Waals surface area (Å²) in [5, 5.41) is 8.43. The van der Waals surface area contributed by atoms with Crippen molar-refractivity contribution in [1.29, 1.82) is 0 Å². The standard InChI is InChI=1S/C20H21BrFN3O2/c21-15-5-6-17-14(12-15)4-7-18(17)25-20(27)24-9-8-23-19(26)11-13-2-1-3-16(22)10-13/h1-3,5-6,10,12,18H,4,7-9,11H2,(H,23,26)(H2,24,25,27). The summed E-state index contributed by atoms with van der Waals surface area (Å²) in [5.74, 6) is -0.572. The summed E-state index contributed by atoms with van der Waals surface area (Å²) >= 11 is 3.46. The van der Waals surface area contributed by atoms with Crippen LogP contribution >= 0.6 is 15.9 Å². The lowest BCUT2D eigenvalue weighted by molar-refractivity contribution is -0.120. The van der Waals surface area contributed by atoms with Gasteiger partial charge in [-0.1, -0.05) is 34.1 Å². The third-order valence-corrected chi connectivity index (χ3v) is 4.97. The van der Waals surface area contributed by atoms with E-state index in [-0.39, 0.29) is 30.2 Å². The lowest BCUT2D eigenvalue weighted by atomic mass is 10.1. The van der Waals surface area contributed by atoms with Gasteiger partial charge in [-0.25, -0.2) is 9.18 Å². The molecule has 0 saturated heterocycles. The first-order chi connectivity index (χ1) is 13.0. The van der Waals surface area contributed by atoms with Gasteiger partial charge in [0, 0.05) is 17.6 Å². The zero-order valence-electron chi connectivity index (χ0n) is 14.7. The van der Waals surface area contributed by atoms with E-state index in [0.29, 0.717) is 18.7 Å². The van der Waals surface area contributed by atoms with Crippen LogP contribution in [0.15, 0.2) is 46.9 Å². The molecule has 0 aliphatic heterocycles. The molecule has 1 aliphatic rings. The van der Waals surface area contributed by atoms with E-state index in [0.717, 1.165) is 22.9 Å². The summed E-state index contributed by atoms with van der Waals surface area (Å²) in [6.45, 7) is 0.635. The number of aryl methyl sites for hydroxylation is 1. The van der Waals surface area contributed by atoms with Gasteiger partial charge in [0.05, 0.1) is 12.5 Å². The lowest BCUT2D eigenvalue weighted by Crippen LogP contribution is -2.41. The molecule has 0 heterocycles. The summed E-state index contributed by atoms with van der Waals surface area (Å²) in [6.07, 6.45) is 1.93. The van der Waals surface area contributed by atoms with Crippen LogP contribution in [0, 0.1) is 5.82 Å². The average molecular weight is 434 g/mol. The number of hydrogen-bond acceptors (Lipinski definition) is 2. The van der Waals surface area contributed by atoms with Crippen LogP contribution < -0.4 is 16.0 Å². The van der Waals surface area contributed by atoms with Crippen LogP contribution in [0.3, 0.4) is 0 Å². The van der Waals surface area contributed by atoms with E-state index in [1.807, 2.05) is 12.1 Å². The van der Waals surface area contributed by atoms with Gasteiger partial charge in [0.25, 0.3) is 0 Å². The number of carbonyl (C=O) groups excluding carboxylic acids is 2. The van der Waals surface area contributed by atoms with Gasteiger partial charge in [-0.15, -0.1) is 0 Å². The minimum Gasteiger partial charge on any atom is -0.354 e. The summed E-state index contributed by atoms with van der Waals surface area (Å²) < 4.78 is 14.1. The summed E-state index contributed by atoms with van der Waals surface area (Å²) in [4.78, 5) is 23.9. The van der Waals surface area contributed by atoms with Gasteiger partial charge >= 0.3 is 6.03 Å². The average Bonchev–Trinajstić information content (AvgIpc) is 3.00. The van der Waals surface area contributed by atoms with Crippen molar-refractivity contribution in [3.05, 3.63) is 69.4 Å². The molecule has 27 heavy (non-hydrogen) atoms. The Labute approximate surface area is 165 Å². The minimum atomic E-state index is -0.362. The van der Waals surface area contributed by atoms with Gasteiger partial charge in [0.15, 0.2) is 0 Å². The fraction of sp³-hybridized carbons (Fsp3) is 0.300. The van der Waals surface area contributed by atoms with E-state index < -0.39 is 0 Å². The summed E-state index contributed by atoms with van der Waals surface area (Å²) in [7, 11) is 0. The van der Waals surface area contributed by atoms with Crippen LogP contribution in [0.2, 0.25) is 0 Å². The highest BCUT2D eigenvalue weighted by Gasteiger charge is 2.23. The summed E-state index contributed by atoms with van der Waals surface area (Å²) in [6, 6.07) is 11.8. The Hall–Kier alpha value is -2.41. The lowest BCUT2D eigenvalue weighted by Gasteiger charge is -2.15. The maximum Gasteiger partial charge on any atom is 0.315 e. The second-order valence-corrected chi connectivity index (χ2v) is 7.41. The van der Waals surface area contributed by atoms with Crippen molar-refractivity contribution in [3.63, 3.8) is 0 Å². The molecule has 3 N–H and O–H groups in total. The number of benzene rings is 2. The molecule has 1 unspecified atom stereocenters. The van der Waals surface area contributed by atoms with Crippen molar-refractivity contribution < 1.29 is 14.0 Å². The predicted octanol–water partition coefficient (Wildman–Crippen LogP) is 3.23. The van der Waals surface area contributed by atoms with Crippen LogP contribution in [0.1, 0.15) is 29.2 Å². The van der Waals surface area contributed by atoms with E-state index in [9.17, 15) is 14.0 Å². The van der Waals surface area contributed by atoms with Gasteiger partial charge in [0.1, 0.15) is 5.82 Å².